The second-order valence-corrected chi connectivity index (χ2v) is 20.3. The second-order valence-electron chi connectivity index (χ2n) is 19.3. The second kappa shape index (κ2) is 28.0. The molecule has 3 aromatic heterocycles. The number of nitrogens with zero attached hydrogens (tertiary/aromatic N) is 1. The van der Waals surface area contributed by atoms with Crippen LogP contribution in [0.1, 0.15) is 112 Å². The molecule has 0 radical (unpaired) electrons. The third kappa shape index (κ3) is 12.2. The van der Waals surface area contributed by atoms with Crippen molar-refractivity contribution in [3.05, 3.63) is 266 Å². The lowest BCUT2D eigenvalue weighted by Gasteiger charge is -2.21. The van der Waals surface area contributed by atoms with E-state index < -0.39 is 0 Å². The van der Waals surface area contributed by atoms with Crippen LogP contribution < -0.4 is 0 Å². The monoisotopic (exact) mass is 1050 g/mol. The molecule has 3 heterocycles. The Morgan fingerprint density at radius 3 is 1.85 bits per heavy atom. The van der Waals surface area contributed by atoms with Crippen molar-refractivity contribution >= 4 is 85.9 Å². The van der Waals surface area contributed by atoms with Crippen LogP contribution in [0.3, 0.4) is 0 Å². The molecule has 0 atom stereocenters. The van der Waals surface area contributed by atoms with Gasteiger partial charge in [-0.1, -0.05) is 245 Å². The first kappa shape index (κ1) is 60.2. The van der Waals surface area contributed by atoms with Crippen LogP contribution in [-0.2, 0) is 5.41 Å². The minimum absolute atomic E-state index is 0.0234. The number of fused-ring (bicyclic) bond motifs is 14. The van der Waals surface area contributed by atoms with E-state index in [1.165, 1.54) is 119 Å². The number of para-hydroxylation sites is 1. The Balaban J connectivity index is 0.000000244. The fraction of sp³-hybridized carbons (Fsp3) is 0.195. The molecular formula is C77H83NS. The van der Waals surface area contributed by atoms with Crippen LogP contribution in [0, 0.1) is 6.92 Å². The predicted molar refractivity (Wildman–Crippen MR) is 361 cm³/mol. The van der Waals surface area contributed by atoms with Gasteiger partial charge in [0, 0.05) is 47.1 Å². The third-order valence-corrected chi connectivity index (χ3v) is 15.5. The van der Waals surface area contributed by atoms with Crippen molar-refractivity contribution in [2.75, 3.05) is 0 Å². The van der Waals surface area contributed by atoms with Crippen LogP contribution in [0.2, 0.25) is 0 Å². The van der Waals surface area contributed by atoms with Gasteiger partial charge in [0.15, 0.2) is 0 Å². The zero-order chi connectivity index (χ0) is 57.4. The lowest BCUT2D eigenvalue weighted by atomic mass is 9.82. The zero-order valence-electron chi connectivity index (χ0n) is 49.7. The fourth-order valence-corrected chi connectivity index (χ4v) is 12.0. The van der Waals surface area contributed by atoms with E-state index in [9.17, 15) is 0 Å². The number of aryl methyl sites for hydroxylation is 1. The summed E-state index contributed by atoms with van der Waals surface area (Å²) < 4.78 is 5.22. The maximum Gasteiger partial charge on any atom is 0.0620 e. The highest BCUT2D eigenvalue weighted by molar-refractivity contribution is 7.25. The van der Waals surface area contributed by atoms with E-state index >= 15 is 0 Å². The molecule has 79 heavy (non-hydrogen) atoms. The Morgan fingerprint density at radius 2 is 1.16 bits per heavy atom. The van der Waals surface area contributed by atoms with Crippen molar-refractivity contribution < 1.29 is 0 Å². The molecule has 12 rings (SSSR count). The number of thiophene rings is 1. The fourth-order valence-electron chi connectivity index (χ4n) is 10.8. The van der Waals surface area contributed by atoms with Gasteiger partial charge in [0.2, 0.25) is 0 Å². The minimum atomic E-state index is 0.0234. The quantitative estimate of drug-likeness (QED) is 0.140. The molecule has 0 N–H and O–H groups in total. The summed E-state index contributed by atoms with van der Waals surface area (Å²) in [4.78, 5) is 0. The molecule has 0 unspecified atom stereocenters. The van der Waals surface area contributed by atoms with E-state index in [1.807, 2.05) is 141 Å². The van der Waals surface area contributed by atoms with Gasteiger partial charge in [-0.3, -0.25) is 0 Å². The molecule has 1 nitrogen and oxygen atoms in total. The van der Waals surface area contributed by atoms with Crippen molar-refractivity contribution in [2.24, 2.45) is 0 Å². The maximum absolute atomic E-state index is 3.86. The SMILES string of the molecule is C/C=C\C=C/C.C=C/C(=C\C)C(=C)/C=C\C.C=C/C=C(\C)c1ccccc1C.CC.CC.CC.CC1(C)c2ccccc2-c2cc(-c3ccc4c(c3)c3cccc5c6c7cc8sc9ccccc9c8cc7ccc6n4c35)ccc21. The molecule has 1 aliphatic rings. The molecule has 0 spiro atoms. The van der Waals surface area contributed by atoms with E-state index in [0.29, 0.717) is 0 Å². The van der Waals surface area contributed by atoms with Crippen molar-refractivity contribution in [1.29, 1.82) is 0 Å². The van der Waals surface area contributed by atoms with E-state index in [4.69, 9.17) is 0 Å². The Morgan fingerprint density at radius 1 is 0.544 bits per heavy atom. The molecule has 2 heteroatoms. The normalized spacial score (nSPS) is 12.4. The summed E-state index contributed by atoms with van der Waals surface area (Å²) in [5.41, 5.74) is 18.0. The van der Waals surface area contributed by atoms with E-state index in [1.54, 1.807) is 0 Å². The molecule has 0 saturated heterocycles. The van der Waals surface area contributed by atoms with Gasteiger partial charge < -0.3 is 4.40 Å². The van der Waals surface area contributed by atoms with Crippen molar-refractivity contribution in [1.82, 2.24) is 4.40 Å². The molecule has 11 aromatic rings. The Kier molecular flexibility index (Phi) is 21.4. The van der Waals surface area contributed by atoms with Gasteiger partial charge in [-0.2, -0.15) is 0 Å². The predicted octanol–water partition coefficient (Wildman–Crippen LogP) is 24.4. The molecule has 0 bridgehead atoms. The van der Waals surface area contributed by atoms with Gasteiger partial charge in [0.25, 0.3) is 0 Å². The lowest BCUT2D eigenvalue weighted by Crippen LogP contribution is -2.14. The number of hydrogen-bond donors (Lipinski definition) is 0. The third-order valence-electron chi connectivity index (χ3n) is 14.4. The largest absolute Gasteiger partial charge is 0.308 e. The number of allylic oxidation sites excluding steroid dienone is 13. The first-order valence-electron chi connectivity index (χ1n) is 28.4. The summed E-state index contributed by atoms with van der Waals surface area (Å²) in [6.45, 7) is 40.1. The lowest BCUT2D eigenvalue weighted by molar-refractivity contribution is 0.660. The summed E-state index contributed by atoms with van der Waals surface area (Å²) in [5.74, 6) is 0. The molecule has 1 aliphatic carbocycles. The molecule has 0 amide bonds. The average Bonchev–Trinajstić information content (AvgIpc) is 3.53. The zero-order valence-corrected chi connectivity index (χ0v) is 50.5. The summed E-state index contributed by atoms with van der Waals surface area (Å²) in [5, 5.41) is 10.7. The van der Waals surface area contributed by atoms with Crippen LogP contribution >= 0.6 is 11.3 Å². The Bertz CT molecular complexity index is 4040. The summed E-state index contributed by atoms with van der Waals surface area (Å²) in [6.07, 6.45) is 19.6. The van der Waals surface area contributed by atoms with Crippen molar-refractivity contribution in [2.45, 2.75) is 102 Å². The van der Waals surface area contributed by atoms with Gasteiger partial charge in [-0.15, -0.1) is 11.3 Å². The molecule has 0 fully saturated rings. The average molecular weight is 1050 g/mol. The molecule has 8 aromatic carbocycles. The number of hydrogen-bond acceptors (Lipinski definition) is 1. The van der Waals surface area contributed by atoms with E-state index in [-0.39, 0.29) is 5.41 Å². The van der Waals surface area contributed by atoms with Gasteiger partial charge in [-0.05, 0) is 156 Å². The van der Waals surface area contributed by atoms with Gasteiger partial charge in [0.1, 0.15) is 0 Å². The van der Waals surface area contributed by atoms with Gasteiger partial charge in [0.05, 0.1) is 16.6 Å². The standard InChI is InChI=1S/C43H27NS.C12H14.C10H14.C6H10.3C2H6/c1-43(2)35-12-5-3-8-27(35)32-20-24(14-17-36(32)43)25-15-18-37-33(21-25)29-10-7-11-30-41-31-23-40-34(28-9-4-6-13-39(28)45-40)22-26(31)16-19-38(41)44(37)42(29)30;1-4-7-10(2)12-9-6-5-8-11(12)3;1-5-8-9(4)10(6-2)7-3;1-3-5-6-4-2;3*1-2/h3-23H,1-2H3;4-9H,1H2,2-3H3;5-8H,2,4H2,1,3H3;3-6H,1-2H3;3*1-2H3/b;10-7+;8-5-,10-7+;5-3-,6-4-;;;. The summed E-state index contributed by atoms with van der Waals surface area (Å²) in [6, 6.07) is 56.6. The highest BCUT2D eigenvalue weighted by atomic mass is 32.1. The van der Waals surface area contributed by atoms with Gasteiger partial charge >= 0.3 is 0 Å². The molecule has 402 valence electrons. The highest BCUT2D eigenvalue weighted by Gasteiger charge is 2.35. The first-order chi connectivity index (χ1) is 38.5. The smallest absolute Gasteiger partial charge is 0.0620 e. The topological polar surface area (TPSA) is 4.41 Å². The molecule has 0 saturated carbocycles. The minimum Gasteiger partial charge on any atom is -0.308 e. The number of benzene rings is 8. The van der Waals surface area contributed by atoms with Crippen LogP contribution in [-0.4, -0.2) is 4.40 Å². The summed E-state index contributed by atoms with van der Waals surface area (Å²) in [7, 11) is 0. The van der Waals surface area contributed by atoms with Crippen LogP contribution in [0.5, 0.6) is 0 Å². The Hall–Kier alpha value is -8.04. The van der Waals surface area contributed by atoms with Crippen LogP contribution in [0.4, 0.5) is 0 Å². The van der Waals surface area contributed by atoms with Crippen LogP contribution in [0.15, 0.2) is 243 Å². The number of aromatic nitrogens is 1. The van der Waals surface area contributed by atoms with Crippen molar-refractivity contribution in [3.8, 4) is 22.3 Å². The van der Waals surface area contributed by atoms with E-state index in [0.717, 1.165) is 11.1 Å². The molecular weight excluding hydrogens is 971 g/mol. The highest BCUT2D eigenvalue weighted by Crippen LogP contribution is 2.50. The van der Waals surface area contributed by atoms with Gasteiger partial charge in [-0.25, -0.2) is 0 Å². The maximum atomic E-state index is 3.86. The summed E-state index contributed by atoms with van der Waals surface area (Å²) >= 11 is 1.90. The first-order valence-corrected chi connectivity index (χ1v) is 29.2. The van der Waals surface area contributed by atoms with E-state index in [2.05, 4.69) is 203 Å². The molecule has 0 aliphatic heterocycles. The van der Waals surface area contributed by atoms with Crippen LogP contribution in [0.25, 0.3) is 96.9 Å². The Labute approximate surface area is 477 Å². The number of rotatable bonds is 7. The van der Waals surface area contributed by atoms with Crippen molar-refractivity contribution in [3.63, 3.8) is 0 Å².